The number of alkyl halides is 2. The third-order valence-corrected chi connectivity index (χ3v) is 2.21. The van der Waals surface area contributed by atoms with E-state index >= 15 is 0 Å². The van der Waals surface area contributed by atoms with Gasteiger partial charge in [-0.15, -0.1) is 0 Å². The monoisotopic (exact) mass is 227 g/mol. The van der Waals surface area contributed by atoms with Crippen LogP contribution >= 0.6 is 23.2 Å². The average molecular weight is 228 g/mol. The largest absolute Gasteiger partial charge is 0.392 e. The van der Waals surface area contributed by atoms with Crippen LogP contribution < -0.4 is 0 Å². The Hall–Kier alpha value is -0.450. The SMILES string of the molecule is OCc1cnc(Cl)c(C(F)F)c1Cl. The summed E-state index contributed by atoms with van der Waals surface area (Å²) in [5.74, 6) is 0. The molecule has 0 spiro atoms. The van der Waals surface area contributed by atoms with Crippen molar-refractivity contribution >= 4 is 23.2 Å². The molecule has 0 aliphatic rings. The first-order valence-corrected chi connectivity index (χ1v) is 4.05. The van der Waals surface area contributed by atoms with Gasteiger partial charge in [0.15, 0.2) is 0 Å². The lowest BCUT2D eigenvalue weighted by Gasteiger charge is -2.07. The molecule has 1 aromatic rings. The highest BCUT2D eigenvalue weighted by Gasteiger charge is 2.19. The van der Waals surface area contributed by atoms with Gasteiger partial charge in [0.1, 0.15) is 5.15 Å². The van der Waals surface area contributed by atoms with E-state index < -0.39 is 18.6 Å². The molecule has 0 aromatic carbocycles. The van der Waals surface area contributed by atoms with Crippen molar-refractivity contribution in [3.63, 3.8) is 0 Å². The summed E-state index contributed by atoms with van der Waals surface area (Å²) < 4.78 is 24.6. The molecule has 0 fully saturated rings. The number of aliphatic hydroxyl groups excluding tert-OH is 1. The standard InChI is InChI=1S/C7H5Cl2F2NO/c8-5-3(2-13)1-12-6(9)4(5)7(10)11/h1,7,13H,2H2. The molecular formula is C7H5Cl2F2NO. The minimum absolute atomic E-state index is 0.140. The number of halogens is 4. The first-order valence-electron chi connectivity index (χ1n) is 3.29. The van der Waals surface area contributed by atoms with Crippen LogP contribution in [-0.4, -0.2) is 10.1 Å². The summed E-state index contributed by atoms with van der Waals surface area (Å²) in [7, 11) is 0. The van der Waals surface area contributed by atoms with Gasteiger partial charge in [0.2, 0.25) is 0 Å². The van der Waals surface area contributed by atoms with Crippen LogP contribution in [0, 0.1) is 0 Å². The van der Waals surface area contributed by atoms with Gasteiger partial charge in [0.05, 0.1) is 17.2 Å². The van der Waals surface area contributed by atoms with Crippen LogP contribution in [0.4, 0.5) is 8.78 Å². The topological polar surface area (TPSA) is 33.1 Å². The quantitative estimate of drug-likeness (QED) is 0.789. The predicted molar refractivity (Wildman–Crippen MR) is 45.1 cm³/mol. The van der Waals surface area contributed by atoms with Crippen molar-refractivity contribution in [3.05, 3.63) is 27.5 Å². The van der Waals surface area contributed by atoms with E-state index in [2.05, 4.69) is 4.98 Å². The second-order valence-electron chi connectivity index (χ2n) is 2.26. The molecule has 0 aliphatic heterocycles. The van der Waals surface area contributed by atoms with Crippen molar-refractivity contribution in [2.24, 2.45) is 0 Å². The highest BCUT2D eigenvalue weighted by Crippen LogP contribution is 2.33. The maximum Gasteiger partial charge on any atom is 0.268 e. The number of hydrogen-bond donors (Lipinski definition) is 1. The fraction of sp³-hybridized carbons (Fsp3) is 0.286. The van der Waals surface area contributed by atoms with Gasteiger partial charge in [0, 0.05) is 11.8 Å². The third-order valence-electron chi connectivity index (χ3n) is 1.46. The van der Waals surface area contributed by atoms with Gasteiger partial charge >= 0.3 is 0 Å². The van der Waals surface area contributed by atoms with Gasteiger partial charge in [-0.1, -0.05) is 23.2 Å². The van der Waals surface area contributed by atoms with Crippen molar-refractivity contribution < 1.29 is 13.9 Å². The number of aliphatic hydroxyl groups is 1. The molecule has 0 atom stereocenters. The van der Waals surface area contributed by atoms with Crippen molar-refractivity contribution in [3.8, 4) is 0 Å². The molecule has 0 bridgehead atoms. The molecule has 0 amide bonds. The second-order valence-corrected chi connectivity index (χ2v) is 3.00. The fourth-order valence-corrected chi connectivity index (χ4v) is 1.38. The van der Waals surface area contributed by atoms with E-state index in [1.165, 1.54) is 0 Å². The van der Waals surface area contributed by atoms with Gasteiger partial charge in [-0.3, -0.25) is 0 Å². The zero-order valence-corrected chi connectivity index (χ0v) is 7.78. The maximum absolute atomic E-state index is 12.3. The number of aromatic nitrogens is 1. The molecular weight excluding hydrogens is 223 g/mol. The van der Waals surface area contributed by atoms with E-state index in [0.29, 0.717) is 0 Å². The molecule has 6 heteroatoms. The van der Waals surface area contributed by atoms with E-state index in [4.69, 9.17) is 28.3 Å². The Kier molecular flexibility index (Phi) is 3.41. The molecule has 1 aromatic heterocycles. The van der Waals surface area contributed by atoms with Crippen LogP contribution in [0.3, 0.4) is 0 Å². The summed E-state index contributed by atoms with van der Waals surface area (Å²) in [6.45, 7) is -0.442. The minimum Gasteiger partial charge on any atom is -0.392 e. The minimum atomic E-state index is -2.79. The summed E-state index contributed by atoms with van der Waals surface area (Å²) in [5, 5.41) is 8.14. The lowest BCUT2D eigenvalue weighted by atomic mass is 10.2. The molecule has 0 saturated heterocycles. The summed E-state index contributed by atoms with van der Waals surface area (Å²) in [4.78, 5) is 3.47. The Labute approximate surface area is 83.1 Å². The van der Waals surface area contributed by atoms with Gasteiger partial charge in [-0.25, -0.2) is 13.8 Å². The van der Waals surface area contributed by atoms with E-state index in [9.17, 15) is 8.78 Å². The van der Waals surface area contributed by atoms with E-state index in [0.717, 1.165) is 6.20 Å². The summed E-state index contributed by atoms with van der Waals surface area (Å²) in [6.07, 6.45) is -1.63. The molecule has 1 heterocycles. The smallest absolute Gasteiger partial charge is 0.268 e. The van der Waals surface area contributed by atoms with Crippen molar-refractivity contribution in [2.75, 3.05) is 0 Å². The van der Waals surface area contributed by atoms with Gasteiger partial charge in [0.25, 0.3) is 6.43 Å². The van der Waals surface area contributed by atoms with Gasteiger partial charge in [-0.05, 0) is 0 Å². The molecule has 1 N–H and O–H groups in total. The molecule has 72 valence electrons. The number of nitrogens with zero attached hydrogens (tertiary/aromatic N) is 1. The molecule has 2 nitrogen and oxygen atoms in total. The Balaban J connectivity index is 3.30. The Morgan fingerprint density at radius 1 is 1.46 bits per heavy atom. The molecule has 0 aliphatic carbocycles. The Morgan fingerprint density at radius 3 is 2.54 bits per heavy atom. The summed E-state index contributed by atoms with van der Waals surface area (Å²) in [5.41, 5.74) is -0.392. The lowest BCUT2D eigenvalue weighted by Crippen LogP contribution is -1.96. The second kappa shape index (κ2) is 4.17. The van der Waals surface area contributed by atoms with Crippen molar-refractivity contribution in [1.82, 2.24) is 4.98 Å². The lowest BCUT2D eigenvalue weighted by molar-refractivity contribution is 0.151. The van der Waals surface area contributed by atoms with E-state index in [-0.39, 0.29) is 15.7 Å². The number of rotatable bonds is 2. The van der Waals surface area contributed by atoms with E-state index in [1.807, 2.05) is 0 Å². The van der Waals surface area contributed by atoms with Crippen LogP contribution in [-0.2, 0) is 6.61 Å². The average Bonchev–Trinajstić information content (AvgIpc) is 2.04. The zero-order chi connectivity index (χ0) is 10.0. The zero-order valence-electron chi connectivity index (χ0n) is 6.27. The Morgan fingerprint density at radius 2 is 2.08 bits per heavy atom. The predicted octanol–water partition coefficient (Wildman–Crippen LogP) is 2.82. The molecule has 0 radical (unpaired) electrons. The van der Waals surface area contributed by atoms with Gasteiger partial charge in [-0.2, -0.15) is 0 Å². The van der Waals surface area contributed by atoms with Crippen molar-refractivity contribution in [2.45, 2.75) is 13.0 Å². The van der Waals surface area contributed by atoms with Crippen molar-refractivity contribution in [1.29, 1.82) is 0 Å². The molecule has 0 unspecified atom stereocenters. The normalized spacial score (nSPS) is 10.9. The van der Waals surface area contributed by atoms with Crippen LogP contribution in [0.25, 0.3) is 0 Å². The highest BCUT2D eigenvalue weighted by molar-refractivity contribution is 6.35. The number of hydrogen-bond acceptors (Lipinski definition) is 2. The fourth-order valence-electron chi connectivity index (χ4n) is 0.820. The van der Waals surface area contributed by atoms with Crippen LogP contribution in [0.2, 0.25) is 10.2 Å². The highest BCUT2D eigenvalue weighted by atomic mass is 35.5. The summed E-state index contributed by atoms with van der Waals surface area (Å²) >= 11 is 10.9. The van der Waals surface area contributed by atoms with Crippen LogP contribution in [0.1, 0.15) is 17.6 Å². The molecule has 13 heavy (non-hydrogen) atoms. The first-order chi connectivity index (χ1) is 6.07. The van der Waals surface area contributed by atoms with Crippen LogP contribution in [0.15, 0.2) is 6.20 Å². The number of pyridine rings is 1. The Bertz CT molecular complexity index is 320. The molecule has 1 rings (SSSR count). The third kappa shape index (κ3) is 2.07. The van der Waals surface area contributed by atoms with Crippen LogP contribution in [0.5, 0.6) is 0 Å². The van der Waals surface area contributed by atoms with E-state index in [1.54, 1.807) is 0 Å². The van der Waals surface area contributed by atoms with Gasteiger partial charge < -0.3 is 5.11 Å². The summed E-state index contributed by atoms with van der Waals surface area (Å²) in [6, 6.07) is 0. The maximum atomic E-state index is 12.3. The molecule has 0 saturated carbocycles. The first kappa shape index (κ1) is 10.6.